The van der Waals surface area contributed by atoms with Crippen molar-refractivity contribution in [1.82, 2.24) is 9.47 Å². The molecule has 0 amide bonds. The highest BCUT2D eigenvalue weighted by atomic mass is 16.4. The molecule has 0 saturated carbocycles. The lowest BCUT2D eigenvalue weighted by Crippen LogP contribution is -2.51. The van der Waals surface area contributed by atoms with Crippen molar-refractivity contribution < 1.29 is 9.90 Å². The lowest BCUT2D eigenvalue weighted by atomic mass is 9.90. The van der Waals surface area contributed by atoms with Gasteiger partial charge in [0, 0.05) is 25.4 Å². The number of carbonyl (C=O) groups is 1. The molecule has 1 unspecified atom stereocenters. The standard InChI is InChI=1S/C15H22N2O3/c1-2-7-15(14(19)20)8-5-10-17(15)12-11-16-9-4-3-6-13(16)18/h3-4,6,9H,2,5,7-8,10-12H2,1H3,(H,19,20). The van der Waals surface area contributed by atoms with E-state index in [1.54, 1.807) is 16.8 Å². The molecule has 5 nitrogen and oxygen atoms in total. The van der Waals surface area contributed by atoms with Crippen LogP contribution >= 0.6 is 0 Å². The summed E-state index contributed by atoms with van der Waals surface area (Å²) < 4.78 is 1.64. The van der Waals surface area contributed by atoms with Crippen LogP contribution in [0.5, 0.6) is 0 Å². The van der Waals surface area contributed by atoms with Crippen molar-refractivity contribution >= 4 is 5.97 Å². The first-order valence-corrected chi connectivity index (χ1v) is 7.24. The van der Waals surface area contributed by atoms with Crippen molar-refractivity contribution in [2.75, 3.05) is 13.1 Å². The lowest BCUT2D eigenvalue weighted by molar-refractivity contribution is -0.150. The Morgan fingerprint density at radius 3 is 2.85 bits per heavy atom. The normalized spacial score (nSPS) is 23.1. The first-order chi connectivity index (χ1) is 9.60. The first-order valence-electron chi connectivity index (χ1n) is 7.24. The summed E-state index contributed by atoms with van der Waals surface area (Å²) in [6.45, 7) is 3.96. The van der Waals surface area contributed by atoms with E-state index in [2.05, 4.69) is 0 Å². The molecule has 1 N–H and O–H groups in total. The highest BCUT2D eigenvalue weighted by Gasteiger charge is 2.46. The Hall–Kier alpha value is -1.62. The largest absolute Gasteiger partial charge is 0.480 e. The smallest absolute Gasteiger partial charge is 0.324 e. The molecule has 1 aromatic heterocycles. The number of aromatic nitrogens is 1. The molecule has 2 rings (SSSR count). The molecule has 2 heterocycles. The van der Waals surface area contributed by atoms with Gasteiger partial charge in [0.15, 0.2) is 0 Å². The second-order valence-corrected chi connectivity index (χ2v) is 5.41. The van der Waals surface area contributed by atoms with Gasteiger partial charge in [-0.3, -0.25) is 14.5 Å². The molecular weight excluding hydrogens is 256 g/mol. The zero-order valence-corrected chi connectivity index (χ0v) is 11.9. The molecule has 1 saturated heterocycles. The second-order valence-electron chi connectivity index (χ2n) is 5.41. The topological polar surface area (TPSA) is 62.5 Å². The van der Waals surface area contributed by atoms with Crippen LogP contribution in [-0.2, 0) is 11.3 Å². The van der Waals surface area contributed by atoms with Crippen LogP contribution in [0.4, 0.5) is 0 Å². The van der Waals surface area contributed by atoms with Gasteiger partial charge in [-0.25, -0.2) is 0 Å². The summed E-state index contributed by atoms with van der Waals surface area (Å²) in [6.07, 6.45) is 4.90. The first kappa shape index (κ1) is 14.8. The molecule has 1 aliphatic heterocycles. The van der Waals surface area contributed by atoms with Crippen LogP contribution in [0.15, 0.2) is 29.2 Å². The minimum Gasteiger partial charge on any atom is -0.480 e. The summed E-state index contributed by atoms with van der Waals surface area (Å²) >= 11 is 0. The Kier molecular flexibility index (Phi) is 4.60. The molecule has 110 valence electrons. The minimum absolute atomic E-state index is 0.0388. The summed E-state index contributed by atoms with van der Waals surface area (Å²) in [6, 6.07) is 5.07. The predicted molar refractivity (Wildman–Crippen MR) is 76.8 cm³/mol. The Morgan fingerprint density at radius 1 is 1.40 bits per heavy atom. The van der Waals surface area contributed by atoms with E-state index >= 15 is 0 Å². The number of aliphatic carboxylic acids is 1. The monoisotopic (exact) mass is 278 g/mol. The van der Waals surface area contributed by atoms with Crippen molar-refractivity contribution in [1.29, 1.82) is 0 Å². The van der Waals surface area contributed by atoms with Crippen LogP contribution in [0.3, 0.4) is 0 Å². The number of carboxylic acid groups (broad SMARTS) is 1. The predicted octanol–water partition coefficient (Wildman–Crippen LogP) is 1.57. The quantitative estimate of drug-likeness (QED) is 0.858. The maximum Gasteiger partial charge on any atom is 0.324 e. The van der Waals surface area contributed by atoms with E-state index in [1.807, 2.05) is 17.9 Å². The van der Waals surface area contributed by atoms with Gasteiger partial charge in [-0.05, 0) is 31.9 Å². The van der Waals surface area contributed by atoms with Gasteiger partial charge < -0.3 is 9.67 Å². The number of nitrogens with zero attached hydrogens (tertiary/aromatic N) is 2. The van der Waals surface area contributed by atoms with Crippen molar-refractivity contribution in [2.24, 2.45) is 0 Å². The summed E-state index contributed by atoms with van der Waals surface area (Å²) in [5, 5.41) is 9.61. The maximum absolute atomic E-state index is 11.7. The molecule has 20 heavy (non-hydrogen) atoms. The molecule has 5 heteroatoms. The van der Waals surface area contributed by atoms with E-state index in [4.69, 9.17) is 0 Å². The van der Waals surface area contributed by atoms with Crippen LogP contribution in [0.25, 0.3) is 0 Å². The van der Waals surface area contributed by atoms with Crippen molar-refractivity contribution in [3.05, 3.63) is 34.7 Å². The Morgan fingerprint density at radius 2 is 2.20 bits per heavy atom. The molecule has 0 radical (unpaired) electrons. The highest BCUT2D eigenvalue weighted by molar-refractivity contribution is 5.79. The number of hydrogen-bond acceptors (Lipinski definition) is 3. The fourth-order valence-corrected chi connectivity index (χ4v) is 3.18. The van der Waals surface area contributed by atoms with Gasteiger partial charge in [0.2, 0.25) is 0 Å². The van der Waals surface area contributed by atoms with E-state index in [1.165, 1.54) is 6.07 Å². The van der Waals surface area contributed by atoms with Crippen LogP contribution in [0.1, 0.15) is 32.6 Å². The third-order valence-corrected chi connectivity index (χ3v) is 4.20. The number of rotatable bonds is 6. The SMILES string of the molecule is CCCC1(C(=O)O)CCCN1CCn1ccccc1=O. The molecule has 1 fully saturated rings. The minimum atomic E-state index is -0.729. The average molecular weight is 278 g/mol. The molecule has 1 aliphatic rings. The third kappa shape index (κ3) is 2.77. The van der Waals surface area contributed by atoms with Crippen LogP contribution < -0.4 is 5.56 Å². The Labute approximate surface area is 118 Å². The number of carboxylic acids is 1. The second kappa shape index (κ2) is 6.22. The number of likely N-dealkylation sites (tertiary alicyclic amines) is 1. The molecule has 0 aromatic carbocycles. The molecule has 0 spiro atoms. The third-order valence-electron chi connectivity index (χ3n) is 4.20. The van der Waals surface area contributed by atoms with Gasteiger partial charge in [0.25, 0.3) is 5.56 Å². The fraction of sp³-hybridized carbons (Fsp3) is 0.600. The van der Waals surface area contributed by atoms with Crippen LogP contribution in [0, 0.1) is 0 Å². The zero-order valence-electron chi connectivity index (χ0n) is 11.9. The van der Waals surface area contributed by atoms with Crippen LogP contribution in [-0.4, -0.2) is 39.2 Å². The van der Waals surface area contributed by atoms with Crippen molar-refractivity contribution in [3.8, 4) is 0 Å². The van der Waals surface area contributed by atoms with E-state index in [9.17, 15) is 14.7 Å². The van der Waals surface area contributed by atoms with Crippen LogP contribution in [0.2, 0.25) is 0 Å². The van der Waals surface area contributed by atoms with Crippen molar-refractivity contribution in [3.63, 3.8) is 0 Å². The van der Waals surface area contributed by atoms with E-state index in [0.717, 1.165) is 19.4 Å². The Balaban J connectivity index is 2.10. The zero-order chi connectivity index (χ0) is 14.6. The summed E-state index contributed by atoms with van der Waals surface area (Å²) in [4.78, 5) is 25.4. The van der Waals surface area contributed by atoms with Gasteiger partial charge in [-0.2, -0.15) is 0 Å². The van der Waals surface area contributed by atoms with Gasteiger partial charge in [-0.15, -0.1) is 0 Å². The van der Waals surface area contributed by atoms with E-state index < -0.39 is 11.5 Å². The summed E-state index contributed by atoms with van der Waals surface area (Å²) in [7, 11) is 0. The maximum atomic E-state index is 11.7. The summed E-state index contributed by atoms with van der Waals surface area (Å²) in [5.41, 5.74) is -0.768. The van der Waals surface area contributed by atoms with Crippen molar-refractivity contribution in [2.45, 2.75) is 44.7 Å². The fourth-order valence-electron chi connectivity index (χ4n) is 3.18. The van der Waals surface area contributed by atoms with Gasteiger partial charge >= 0.3 is 5.97 Å². The van der Waals surface area contributed by atoms with Gasteiger partial charge in [0.1, 0.15) is 5.54 Å². The molecule has 0 bridgehead atoms. The number of pyridine rings is 1. The molecule has 1 aromatic rings. The molecular formula is C15H22N2O3. The summed E-state index contributed by atoms with van der Waals surface area (Å²) in [5.74, 6) is -0.725. The Bertz CT molecular complexity index is 526. The average Bonchev–Trinajstić information content (AvgIpc) is 2.82. The highest BCUT2D eigenvalue weighted by Crippen LogP contribution is 2.33. The van der Waals surface area contributed by atoms with E-state index in [-0.39, 0.29) is 5.56 Å². The molecule has 1 atom stereocenters. The van der Waals surface area contributed by atoms with Gasteiger partial charge in [-0.1, -0.05) is 19.4 Å². The lowest BCUT2D eigenvalue weighted by Gasteiger charge is -2.34. The van der Waals surface area contributed by atoms with E-state index in [0.29, 0.717) is 25.9 Å². The molecule has 0 aliphatic carbocycles. The number of hydrogen-bond donors (Lipinski definition) is 1. The van der Waals surface area contributed by atoms with Gasteiger partial charge in [0.05, 0.1) is 0 Å².